The Morgan fingerprint density at radius 1 is 0.971 bits per heavy atom. The zero-order chi connectivity index (χ0) is 23.8. The van der Waals surface area contributed by atoms with Crippen LogP contribution in [0, 0.1) is 6.92 Å². The summed E-state index contributed by atoms with van der Waals surface area (Å²) >= 11 is 0. The van der Waals surface area contributed by atoms with Gasteiger partial charge in [0.25, 0.3) is 5.56 Å². The fourth-order valence-corrected chi connectivity index (χ4v) is 4.25. The Balaban J connectivity index is 1.73. The minimum atomic E-state index is -0.452. The second kappa shape index (κ2) is 8.67. The van der Waals surface area contributed by atoms with E-state index in [-0.39, 0.29) is 6.54 Å². The number of aryl methyl sites for hydroxylation is 1. The summed E-state index contributed by atoms with van der Waals surface area (Å²) in [6.07, 6.45) is 3.16. The van der Waals surface area contributed by atoms with Crippen molar-refractivity contribution in [3.63, 3.8) is 0 Å². The van der Waals surface area contributed by atoms with Crippen LogP contribution in [0.3, 0.4) is 0 Å². The highest BCUT2D eigenvalue weighted by Gasteiger charge is 2.20. The molecule has 7 nitrogen and oxygen atoms in total. The maximum atomic E-state index is 13.6. The first-order chi connectivity index (χ1) is 16.4. The van der Waals surface area contributed by atoms with E-state index in [9.17, 15) is 9.59 Å². The maximum Gasteiger partial charge on any atom is 0.337 e. The van der Waals surface area contributed by atoms with Crippen LogP contribution in [0.25, 0.3) is 16.9 Å². The summed E-state index contributed by atoms with van der Waals surface area (Å²) in [7, 11) is 0. The van der Waals surface area contributed by atoms with E-state index in [1.165, 1.54) is 21.0 Å². The first-order valence-corrected chi connectivity index (χ1v) is 11.3. The molecule has 0 aliphatic heterocycles. The zero-order valence-corrected chi connectivity index (χ0v) is 19.4. The molecule has 0 unspecified atom stereocenters. The monoisotopic (exact) mass is 454 g/mol. The van der Waals surface area contributed by atoms with Gasteiger partial charge in [0.1, 0.15) is 5.76 Å². The summed E-state index contributed by atoms with van der Waals surface area (Å²) in [5.74, 6) is 0.900. The molecule has 0 fully saturated rings. The number of hydrogen-bond donors (Lipinski definition) is 0. The van der Waals surface area contributed by atoms with Gasteiger partial charge in [0.2, 0.25) is 0 Å². The number of benzene rings is 2. The van der Waals surface area contributed by atoms with Crippen molar-refractivity contribution in [3.05, 3.63) is 117 Å². The molecule has 0 N–H and O–H groups in total. The van der Waals surface area contributed by atoms with Crippen molar-refractivity contribution in [1.29, 1.82) is 0 Å². The first kappa shape index (κ1) is 21.7. The summed E-state index contributed by atoms with van der Waals surface area (Å²) in [6.45, 7) is 6.79. The van der Waals surface area contributed by atoms with Gasteiger partial charge in [-0.3, -0.25) is 9.36 Å². The molecule has 0 saturated carbocycles. The van der Waals surface area contributed by atoms with Gasteiger partial charge in [-0.15, -0.1) is 0 Å². The van der Waals surface area contributed by atoms with Crippen LogP contribution in [0.5, 0.6) is 0 Å². The van der Waals surface area contributed by atoms with E-state index in [1.54, 1.807) is 18.5 Å². The molecule has 3 heterocycles. The normalized spacial score (nSPS) is 11.5. The van der Waals surface area contributed by atoms with Gasteiger partial charge in [0.15, 0.2) is 11.2 Å². The Morgan fingerprint density at radius 2 is 1.76 bits per heavy atom. The number of fused-ring (bicyclic) bond motifs is 1. The number of rotatable bonds is 6. The maximum absolute atomic E-state index is 13.6. The topological polar surface area (TPSA) is 75.0 Å². The van der Waals surface area contributed by atoms with Gasteiger partial charge in [-0.05, 0) is 48.2 Å². The minimum absolute atomic E-state index is 0.0420. The van der Waals surface area contributed by atoms with Crippen LogP contribution in [0.4, 0.5) is 0 Å². The molecule has 5 rings (SSSR count). The first-order valence-electron chi connectivity index (χ1n) is 11.3. The molecule has 0 bridgehead atoms. The smallest absolute Gasteiger partial charge is 0.337 e. The van der Waals surface area contributed by atoms with Crippen molar-refractivity contribution in [2.24, 2.45) is 0 Å². The Hall–Kier alpha value is -4.13. The molecule has 0 atom stereocenters. The van der Waals surface area contributed by atoms with Crippen molar-refractivity contribution in [3.8, 4) is 5.69 Å². The molecule has 0 saturated heterocycles. The number of nitrogens with zero attached hydrogens (tertiary/aromatic N) is 4. The van der Waals surface area contributed by atoms with Crippen LogP contribution in [0.1, 0.15) is 42.2 Å². The lowest BCUT2D eigenvalue weighted by atomic mass is 10.0. The molecule has 5 aromatic rings. The third-order valence-electron chi connectivity index (χ3n) is 6.05. The highest BCUT2D eigenvalue weighted by Crippen LogP contribution is 2.19. The minimum Gasteiger partial charge on any atom is -0.467 e. The van der Waals surface area contributed by atoms with Gasteiger partial charge in [-0.2, -0.15) is 0 Å². The van der Waals surface area contributed by atoms with E-state index in [1.807, 2.05) is 54.0 Å². The lowest BCUT2D eigenvalue weighted by Crippen LogP contribution is -2.40. The predicted octanol–water partition coefficient (Wildman–Crippen LogP) is 4.47. The molecular weight excluding hydrogens is 428 g/mol. The Labute approximate surface area is 196 Å². The number of hydrogen-bond acceptors (Lipinski definition) is 4. The van der Waals surface area contributed by atoms with Crippen LogP contribution in [-0.4, -0.2) is 18.7 Å². The van der Waals surface area contributed by atoms with Crippen LogP contribution in [0.15, 0.2) is 87.3 Å². The zero-order valence-electron chi connectivity index (χ0n) is 19.4. The molecule has 34 heavy (non-hydrogen) atoms. The number of imidazole rings is 1. The third kappa shape index (κ3) is 3.90. The fourth-order valence-electron chi connectivity index (χ4n) is 4.25. The molecule has 0 amide bonds. The summed E-state index contributed by atoms with van der Waals surface area (Å²) in [5.41, 5.74) is 3.89. The lowest BCUT2D eigenvalue weighted by molar-refractivity contribution is 0.482. The molecule has 0 aliphatic carbocycles. The second-order valence-corrected chi connectivity index (χ2v) is 8.87. The van der Waals surface area contributed by atoms with Crippen molar-refractivity contribution < 1.29 is 4.42 Å². The Morgan fingerprint density at radius 3 is 2.44 bits per heavy atom. The molecular formula is C27H26N4O3. The SMILES string of the molecule is Cc1cccc(Cn2cnc3c2c(=O)n(Cc2ccco2)c(=O)n3-c2ccc(C(C)C)cc2)c1. The standard InChI is InChI=1S/C27H26N4O3/c1-18(2)21-9-11-22(12-10-21)31-25-24(26(32)30(27(31)33)16-23-8-5-13-34-23)29(17-28-25)15-20-7-4-6-19(3)14-20/h4-14,17-18H,15-16H2,1-3H3. The van der Waals surface area contributed by atoms with Crippen LogP contribution >= 0.6 is 0 Å². The number of aromatic nitrogens is 4. The Kier molecular flexibility index (Phi) is 5.53. The molecule has 0 aliphatic rings. The van der Waals surface area contributed by atoms with Gasteiger partial charge in [-0.25, -0.2) is 14.3 Å². The largest absolute Gasteiger partial charge is 0.467 e. The highest BCUT2D eigenvalue weighted by molar-refractivity contribution is 5.72. The second-order valence-electron chi connectivity index (χ2n) is 8.87. The highest BCUT2D eigenvalue weighted by atomic mass is 16.3. The summed E-state index contributed by atoms with van der Waals surface area (Å²) in [6, 6.07) is 19.4. The number of furan rings is 1. The van der Waals surface area contributed by atoms with Gasteiger partial charge in [0, 0.05) is 6.54 Å². The van der Waals surface area contributed by atoms with Gasteiger partial charge in [0.05, 0.1) is 24.8 Å². The van der Waals surface area contributed by atoms with Crippen LogP contribution in [-0.2, 0) is 13.1 Å². The average molecular weight is 455 g/mol. The predicted molar refractivity (Wildman–Crippen MR) is 132 cm³/mol. The van der Waals surface area contributed by atoms with Gasteiger partial charge in [-0.1, -0.05) is 55.8 Å². The lowest BCUT2D eigenvalue weighted by Gasteiger charge is -2.13. The molecule has 2 aromatic carbocycles. The molecule has 172 valence electrons. The van der Waals surface area contributed by atoms with E-state index in [2.05, 4.69) is 24.9 Å². The van der Waals surface area contributed by atoms with E-state index < -0.39 is 11.2 Å². The summed E-state index contributed by atoms with van der Waals surface area (Å²) in [4.78, 5) is 31.7. The van der Waals surface area contributed by atoms with Crippen LogP contribution in [0.2, 0.25) is 0 Å². The van der Waals surface area contributed by atoms with Crippen molar-refractivity contribution >= 4 is 11.2 Å². The van der Waals surface area contributed by atoms with Crippen LogP contribution < -0.4 is 11.2 Å². The van der Waals surface area contributed by atoms with E-state index in [4.69, 9.17) is 4.42 Å². The van der Waals surface area contributed by atoms with E-state index in [0.717, 1.165) is 11.1 Å². The van der Waals surface area contributed by atoms with Gasteiger partial charge < -0.3 is 8.98 Å². The fraction of sp³-hybridized carbons (Fsp3) is 0.222. The molecule has 3 aromatic heterocycles. The van der Waals surface area contributed by atoms with Gasteiger partial charge >= 0.3 is 5.69 Å². The molecule has 7 heteroatoms. The summed E-state index contributed by atoms with van der Waals surface area (Å²) in [5, 5.41) is 0. The summed E-state index contributed by atoms with van der Waals surface area (Å²) < 4.78 is 9.97. The van der Waals surface area contributed by atoms with Crippen molar-refractivity contribution in [2.45, 2.75) is 39.8 Å². The van der Waals surface area contributed by atoms with E-state index >= 15 is 0 Å². The van der Waals surface area contributed by atoms with E-state index in [0.29, 0.717) is 35.1 Å². The van der Waals surface area contributed by atoms with Crippen molar-refractivity contribution in [2.75, 3.05) is 0 Å². The average Bonchev–Trinajstić information content (AvgIpc) is 3.47. The molecule has 0 spiro atoms. The third-order valence-corrected chi connectivity index (χ3v) is 6.05. The Bertz CT molecular complexity index is 1570. The van der Waals surface area contributed by atoms with Crippen molar-refractivity contribution in [1.82, 2.24) is 18.7 Å². The quantitative estimate of drug-likeness (QED) is 0.379. The molecule has 0 radical (unpaired) electrons.